The maximum atomic E-state index is 12.6. The van der Waals surface area contributed by atoms with Crippen LogP contribution < -0.4 is 19.5 Å². The standard InChI is InChI=1S/C25H23N3O4/c1-16(25(29)28-22-14-19(30-2)12-13-24(22)31-3)32-18-10-8-17(9-11-18)23-15-26-20-6-4-5-7-21(20)27-23/h4-16H,1-3H3,(H,28,29). The number of ether oxygens (including phenoxy) is 3. The smallest absolute Gasteiger partial charge is 0.265 e. The summed E-state index contributed by atoms with van der Waals surface area (Å²) in [7, 11) is 3.10. The number of hydrogen-bond acceptors (Lipinski definition) is 6. The predicted octanol–water partition coefficient (Wildman–Crippen LogP) is 4.72. The van der Waals surface area contributed by atoms with E-state index in [9.17, 15) is 4.79 Å². The second kappa shape index (κ2) is 9.34. The predicted molar refractivity (Wildman–Crippen MR) is 123 cm³/mol. The van der Waals surface area contributed by atoms with Crippen LogP contribution in [0.25, 0.3) is 22.3 Å². The van der Waals surface area contributed by atoms with Crippen LogP contribution in [0.1, 0.15) is 6.92 Å². The van der Waals surface area contributed by atoms with Gasteiger partial charge in [0.05, 0.1) is 42.8 Å². The molecule has 1 atom stereocenters. The Kier molecular flexibility index (Phi) is 6.17. The van der Waals surface area contributed by atoms with E-state index in [4.69, 9.17) is 14.2 Å². The number of carbonyl (C=O) groups is 1. The average molecular weight is 429 g/mol. The molecule has 4 aromatic rings. The van der Waals surface area contributed by atoms with Gasteiger partial charge >= 0.3 is 0 Å². The van der Waals surface area contributed by atoms with E-state index in [1.165, 1.54) is 0 Å². The fraction of sp³-hybridized carbons (Fsp3) is 0.160. The number of hydrogen-bond donors (Lipinski definition) is 1. The molecular formula is C25H23N3O4. The molecule has 0 radical (unpaired) electrons. The van der Waals surface area contributed by atoms with Crippen molar-refractivity contribution in [1.82, 2.24) is 9.97 Å². The van der Waals surface area contributed by atoms with E-state index >= 15 is 0 Å². The number of amides is 1. The molecule has 0 fully saturated rings. The number of para-hydroxylation sites is 2. The van der Waals surface area contributed by atoms with Crippen molar-refractivity contribution in [3.05, 3.63) is 72.9 Å². The number of rotatable bonds is 7. The number of anilines is 1. The number of nitrogens with one attached hydrogen (secondary N) is 1. The Morgan fingerprint density at radius 3 is 2.34 bits per heavy atom. The monoisotopic (exact) mass is 429 g/mol. The molecule has 0 saturated carbocycles. The third-order valence-electron chi connectivity index (χ3n) is 4.95. The van der Waals surface area contributed by atoms with Gasteiger partial charge in [-0.3, -0.25) is 9.78 Å². The first-order chi connectivity index (χ1) is 15.6. The molecule has 1 aromatic heterocycles. The minimum absolute atomic E-state index is 0.305. The first-order valence-electron chi connectivity index (χ1n) is 10.1. The third kappa shape index (κ3) is 4.62. The first-order valence-corrected chi connectivity index (χ1v) is 10.1. The molecule has 1 heterocycles. The third-order valence-corrected chi connectivity index (χ3v) is 4.95. The van der Waals surface area contributed by atoms with Crippen LogP contribution in [-0.4, -0.2) is 36.2 Å². The Morgan fingerprint density at radius 1 is 0.906 bits per heavy atom. The van der Waals surface area contributed by atoms with Crippen LogP contribution in [0.5, 0.6) is 17.2 Å². The van der Waals surface area contributed by atoms with Crippen molar-refractivity contribution in [2.75, 3.05) is 19.5 Å². The molecule has 0 aliphatic rings. The number of fused-ring (bicyclic) bond motifs is 1. The molecule has 0 bridgehead atoms. The van der Waals surface area contributed by atoms with Crippen LogP contribution in [-0.2, 0) is 4.79 Å². The molecular weight excluding hydrogens is 406 g/mol. The van der Waals surface area contributed by atoms with Gasteiger partial charge in [-0.2, -0.15) is 0 Å². The Morgan fingerprint density at radius 2 is 1.62 bits per heavy atom. The lowest BCUT2D eigenvalue weighted by atomic mass is 10.1. The average Bonchev–Trinajstić information content (AvgIpc) is 2.84. The van der Waals surface area contributed by atoms with Gasteiger partial charge in [-0.25, -0.2) is 4.98 Å². The maximum absolute atomic E-state index is 12.6. The Balaban J connectivity index is 1.44. The molecule has 0 aliphatic heterocycles. The van der Waals surface area contributed by atoms with Crippen LogP contribution in [0, 0.1) is 0 Å². The SMILES string of the molecule is COc1ccc(OC)c(NC(=O)C(C)Oc2ccc(-c3cnc4ccccc4n3)cc2)c1. The van der Waals surface area contributed by atoms with Gasteiger partial charge in [0.1, 0.15) is 17.2 Å². The molecule has 32 heavy (non-hydrogen) atoms. The van der Waals surface area contributed by atoms with Gasteiger partial charge in [-0.15, -0.1) is 0 Å². The summed E-state index contributed by atoms with van der Waals surface area (Å²) in [5.74, 6) is 1.41. The maximum Gasteiger partial charge on any atom is 0.265 e. The van der Waals surface area contributed by atoms with Gasteiger partial charge in [0.2, 0.25) is 0 Å². The van der Waals surface area contributed by atoms with Gasteiger partial charge in [0.25, 0.3) is 5.91 Å². The summed E-state index contributed by atoms with van der Waals surface area (Å²) in [6, 6.07) is 20.3. The normalized spacial score (nSPS) is 11.6. The summed E-state index contributed by atoms with van der Waals surface area (Å²) in [6.45, 7) is 1.69. The van der Waals surface area contributed by atoms with Gasteiger partial charge in [0.15, 0.2) is 6.10 Å². The first kappa shape index (κ1) is 21.1. The van der Waals surface area contributed by atoms with Gasteiger partial charge < -0.3 is 19.5 Å². The highest BCUT2D eigenvalue weighted by molar-refractivity contribution is 5.95. The highest BCUT2D eigenvalue weighted by Gasteiger charge is 2.17. The van der Waals surface area contributed by atoms with Crippen LogP contribution in [0.15, 0.2) is 72.9 Å². The summed E-state index contributed by atoms with van der Waals surface area (Å²) in [6.07, 6.45) is 1.02. The van der Waals surface area contributed by atoms with Crippen molar-refractivity contribution in [2.45, 2.75) is 13.0 Å². The van der Waals surface area contributed by atoms with E-state index in [1.807, 2.05) is 48.5 Å². The summed E-state index contributed by atoms with van der Waals surface area (Å²) < 4.78 is 16.3. The van der Waals surface area contributed by atoms with Crippen LogP contribution in [0.4, 0.5) is 5.69 Å². The molecule has 1 amide bonds. The van der Waals surface area contributed by atoms with Gasteiger partial charge in [0, 0.05) is 11.6 Å². The highest BCUT2D eigenvalue weighted by atomic mass is 16.5. The minimum atomic E-state index is -0.725. The molecule has 4 rings (SSSR count). The minimum Gasteiger partial charge on any atom is -0.497 e. The van der Waals surface area contributed by atoms with Crippen LogP contribution >= 0.6 is 0 Å². The number of methoxy groups -OCH3 is 2. The zero-order valence-corrected chi connectivity index (χ0v) is 18.0. The fourth-order valence-corrected chi connectivity index (χ4v) is 3.20. The van der Waals surface area contributed by atoms with Crippen molar-refractivity contribution in [3.63, 3.8) is 0 Å². The molecule has 3 aromatic carbocycles. The number of benzene rings is 3. The highest BCUT2D eigenvalue weighted by Crippen LogP contribution is 2.29. The van der Waals surface area contributed by atoms with Crippen molar-refractivity contribution < 1.29 is 19.0 Å². The summed E-state index contributed by atoms with van der Waals surface area (Å²) >= 11 is 0. The molecule has 1 unspecified atom stereocenters. The Bertz CT molecular complexity index is 1240. The van der Waals surface area contributed by atoms with Crippen molar-refractivity contribution in [3.8, 4) is 28.5 Å². The fourth-order valence-electron chi connectivity index (χ4n) is 3.20. The number of carbonyl (C=O) groups excluding carboxylic acids is 1. The topological polar surface area (TPSA) is 82.6 Å². The molecule has 1 N–H and O–H groups in total. The van der Waals surface area contributed by atoms with E-state index in [2.05, 4.69) is 15.3 Å². The van der Waals surface area contributed by atoms with Crippen molar-refractivity contribution in [1.29, 1.82) is 0 Å². The van der Waals surface area contributed by atoms with E-state index in [1.54, 1.807) is 45.5 Å². The molecule has 0 saturated heterocycles. The summed E-state index contributed by atoms with van der Waals surface area (Å²) in [5.41, 5.74) is 3.88. The van der Waals surface area contributed by atoms with E-state index in [0.29, 0.717) is 22.9 Å². The summed E-state index contributed by atoms with van der Waals surface area (Å²) in [4.78, 5) is 21.8. The van der Waals surface area contributed by atoms with Crippen LogP contribution in [0.2, 0.25) is 0 Å². The molecule has 162 valence electrons. The van der Waals surface area contributed by atoms with E-state index in [-0.39, 0.29) is 5.91 Å². The lowest BCUT2D eigenvalue weighted by Gasteiger charge is -2.17. The lowest BCUT2D eigenvalue weighted by Crippen LogP contribution is -2.30. The number of nitrogens with zero attached hydrogens (tertiary/aromatic N) is 2. The largest absolute Gasteiger partial charge is 0.497 e. The second-order valence-corrected chi connectivity index (χ2v) is 7.08. The van der Waals surface area contributed by atoms with E-state index < -0.39 is 6.10 Å². The Hall–Kier alpha value is -4.13. The van der Waals surface area contributed by atoms with Gasteiger partial charge in [-0.1, -0.05) is 12.1 Å². The molecule has 0 aliphatic carbocycles. The zero-order chi connectivity index (χ0) is 22.5. The van der Waals surface area contributed by atoms with E-state index in [0.717, 1.165) is 22.3 Å². The zero-order valence-electron chi connectivity index (χ0n) is 18.0. The summed E-state index contributed by atoms with van der Waals surface area (Å²) in [5, 5.41) is 2.82. The lowest BCUT2D eigenvalue weighted by molar-refractivity contribution is -0.122. The molecule has 0 spiro atoms. The Labute approximate surface area is 186 Å². The molecule has 7 nitrogen and oxygen atoms in total. The molecule has 7 heteroatoms. The van der Waals surface area contributed by atoms with Gasteiger partial charge in [-0.05, 0) is 55.5 Å². The van der Waals surface area contributed by atoms with Crippen molar-refractivity contribution in [2.24, 2.45) is 0 Å². The van der Waals surface area contributed by atoms with Crippen LogP contribution in [0.3, 0.4) is 0 Å². The number of aromatic nitrogens is 2. The quantitative estimate of drug-likeness (QED) is 0.458. The second-order valence-electron chi connectivity index (χ2n) is 7.08. The van der Waals surface area contributed by atoms with Crippen molar-refractivity contribution >= 4 is 22.6 Å².